The van der Waals surface area contributed by atoms with E-state index in [0.29, 0.717) is 0 Å². The molecule has 1 aromatic rings. The minimum atomic E-state index is 0.735. The van der Waals surface area contributed by atoms with Gasteiger partial charge in [-0.05, 0) is 37.0 Å². The molecular formula is C13H18BrN. The van der Waals surface area contributed by atoms with Crippen LogP contribution >= 0.6 is 15.9 Å². The van der Waals surface area contributed by atoms with E-state index in [0.717, 1.165) is 18.5 Å². The molecule has 1 fully saturated rings. The van der Waals surface area contributed by atoms with Gasteiger partial charge in [-0.15, -0.1) is 0 Å². The van der Waals surface area contributed by atoms with E-state index in [4.69, 9.17) is 0 Å². The summed E-state index contributed by atoms with van der Waals surface area (Å²) in [7, 11) is 0. The molecule has 15 heavy (non-hydrogen) atoms. The molecule has 0 N–H and O–H groups in total. The lowest BCUT2D eigenvalue weighted by atomic mass is 10.1. The lowest BCUT2D eigenvalue weighted by Crippen LogP contribution is -2.26. The Morgan fingerprint density at radius 3 is 2.80 bits per heavy atom. The number of likely N-dealkylation sites (tertiary alicyclic amines) is 1. The van der Waals surface area contributed by atoms with Gasteiger partial charge in [-0.2, -0.15) is 0 Å². The zero-order chi connectivity index (χ0) is 10.8. The number of rotatable bonds is 2. The van der Waals surface area contributed by atoms with E-state index in [2.05, 4.69) is 58.9 Å². The molecule has 1 saturated heterocycles. The third-order valence-corrected chi connectivity index (χ3v) is 3.68. The predicted molar refractivity (Wildman–Crippen MR) is 67.8 cm³/mol. The molecule has 0 amide bonds. The van der Waals surface area contributed by atoms with Crippen LogP contribution in [0.5, 0.6) is 0 Å². The van der Waals surface area contributed by atoms with Crippen molar-refractivity contribution in [3.05, 3.63) is 34.3 Å². The van der Waals surface area contributed by atoms with Crippen molar-refractivity contribution in [3.63, 3.8) is 0 Å². The van der Waals surface area contributed by atoms with Crippen molar-refractivity contribution in [2.45, 2.75) is 32.9 Å². The van der Waals surface area contributed by atoms with Crippen molar-refractivity contribution < 1.29 is 0 Å². The minimum Gasteiger partial charge on any atom is -0.296 e. The van der Waals surface area contributed by atoms with Crippen LogP contribution in [-0.4, -0.2) is 17.5 Å². The van der Waals surface area contributed by atoms with Crippen LogP contribution in [0.15, 0.2) is 28.7 Å². The smallest absolute Gasteiger partial charge is 0.0237 e. The number of halogens is 1. The van der Waals surface area contributed by atoms with Gasteiger partial charge in [0, 0.05) is 23.6 Å². The molecule has 0 radical (unpaired) electrons. The first-order valence-corrected chi connectivity index (χ1v) is 6.43. The lowest BCUT2D eigenvalue weighted by Gasteiger charge is -2.21. The van der Waals surface area contributed by atoms with Crippen molar-refractivity contribution in [2.24, 2.45) is 5.92 Å². The quantitative estimate of drug-likeness (QED) is 0.790. The number of hydrogen-bond donors (Lipinski definition) is 0. The van der Waals surface area contributed by atoms with Crippen molar-refractivity contribution in [2.75, 3.05) is 6.54 Å². The van der Waals surface area contributed by atoms with Crippen molar-refractivity contribution in [1.82, 2.24) is 4.90 Å². The average Bonchev–Trinajstić information content (AvgIpc) is 2.45. The van der Waals surface area contributed by atoms with Crippen LogP contribution in [0.3, 0.4) is 0 Å². The van der Waals surface area contributed by atoms with E-state index in [1.807, 2.05) is 0 Å². The zero-order valence-electron chi connectivity index (χ0n) is 9.41. The largest absolute Gasteiger partial charge is 0.296 e. The minimum absolute atomic E-state index is 0.735. The average molecular weight is 268 g/mol. The molecule has 2 atom stereocenters. The van der Waals surface area contributed by atoms with Crippen molar-refractivity contribution in [1.29, 1.82) is 0 Å². The lowest BCUT2D eigenvalue weighted by molar-refractivity contribution is 0.256. The Hall–Kier alpha value is -0.340. The SMILES string of the molecule is CC1CC(C)N(Cc2cccc(Br)c2)C1. The summed E-state index contributed by atoms with van der Waals surface area (Å²) in [5.74, 6) is 0.854. The van der Waals surface area contributed by atoms with Crippen LogP contribution in [0.4, 0.5) is 0 Å². The van der Waals surface area contributed by atoms with E-state index in [9.17, 15) is 0 Å². The Kier molecular flexibility index (Phi) is 3.47. The molecule has 82 valence electrons. The first kappa shape index (κ1) is 11.2. The summed E-state index contributed by atoms with van der Waals surface area (Å²) in [6, 6.07) is 9.36. The van der Waals surface area contributed by atoms with Crippen LogP contribution in [0.2, 0.25) is 0 Å². The highest BCUT2D eigenvalue weighted by Gasteiger charge is 2.25. The standard InChI is InChI=1S/C13H18BrN/c1-10-6-11(2)15(8-10)9-12-4-3-5-13(14)7-12/h3-5,7,10-11H,6,8-9H2,1-2H3. The van der Waals surface area contributed by atoms with Crippen LogP contribution in [0, 0.1) is 5.92 Å². The molecule has 2 rings (SSSR count). The molecular weight excluding hydrogens is 250 g/mol. The fourth-order valence-electron chi connectivity index (χ4n) is 2.48. The Morgan fingerprint density at radius 2 is 2.20 bits per heavy atom. The van der Waals surface area contributed by atoms with E-state index < -0.39 is 0 Å². The molecule has 1 aliphatic heterocycles. The highest BCUT2D eigenvalue weighted by Crippen LogP contribution is 2.24. The molecule has 0 spiro atoms. The maximum absolute atomic E-state index is 3.52. The predicted octanol–water partition coefficient (Wildman–Crippen LogP) is 3.68. The molecule has 2 unspecified atom stereocenters. The fourth-order valence-corrected chi connectivity index (χ4v) is 2.92. The van der Waals surface area contributed by atoms with Gasteiger partial charge in [-0.3, -0.25) is 4.90 Å². The van der Waals surface area contributed by atoms with E-state index >= 15 is 0 Å². The van der Waals surface area contributed by atoms with E-state index in [-0.39, 0.29) is 0 Å². The fraction of sp³-hybridized carbons (Fsp3) is 0.538. The molecule has 1 nitrogen and oxygen atoms in total. The van der Waals surface area contributed by atoms with Crippen LogP contribution in [-0.2, 0) is 6.54 Å². The Labute approximate surface area is 101 Å². The summed E-state index contributed by atoms with van der Waals surface area (Å²) in [5.41, 5.74) is 1.41. The maximum atomic E-state index is 3.52. The number of hydrogen-bond acceptors (Lipinski definition) is 1. The van der Waals surface area contributed by atoms with Gasteiger partial charge in [0.25, 0.3) is 0 Å². The third kappa shape index (κ3) is 2.82. The topological polar surface area (TPSA) is 3.24 Å². The molecule has 1 heterocycles. The maximum Gasteiger partial charge on any atom is 0.0237 e. The summed E-state index contributed by atoms with van der Waals surface area (Å²) >= 11 is 3.52. The molecule has 0 saturated carbocycles. The Bertz CT molecular complexity index is 337. The van der Waals surface area contributed by atoms with Gasteiger partial charge in [0.1, 0.15) is 0 Å². The molecule has 0 bridgehead atoms. The van der Waals surface area contributed by atoms with Gasteiger partial charge in [-0.25, -0.2) is 0 Å². The molecule has 0 aliphatic carbocycles. The summed E-state index contributed by atoms with van der Waals surface area (Å²) in [6.07, 6.45) is 1.34. The van der Waals surface area contributed by atoms with Crippen LogP contribution in [0.25, 0.3) is 0 Å². The summed E-state index contributed by atoms with van der Waals surface area (Å²) in [6.45, 7) is 7.01. The zero-order valence-corrected chi connectivity index (χ0v) is 11.0. The summed E-state index contributed by atoms with van der Waals surface area (Å²) in [4.78, 5) is 2.58. The van der Waals surface area contributed by atoms with E-state index in [1.165, 1.54) is 23.0 Å². The van der Waals surface area contributed by atoms with Crippen LogP contribution < -0.4 is 0 Å². The van der Waals surface area contributed by atoms with Gasteiger partial charge in [-0.1, -0.05) is 35.0 Å². The number of benzene rings is 1. The Balaban J connectivity index is 2.03. The van der Waals surface area contributed by atoms with Crippen molar-refractivity contribution in [3.8, 4) is 0 Å². The van der Waals surface area contributed by atoms with Gasteiger partial charge in [0.15, 0.2) is 0 Å². The highest BCUT2D eigenvalue weighted by atomic mass is 79.9. The van der Waals surface area contributed by atoms with Gasteiger partial charge < -0.3 is 0 Å². The monoisotopic (exact) mass is 267 g/mol. The summed E-state index contributed by atoms with van der Waals surface area (Å²) in [5, 5.41) is 0. The van der Waals surface area contributed by atoms with Gasteiger partial charge in [0.05, 0.1) is 0 Å². The second-order valence-electron chi connectivity index (χ2n) is 4.75. The second kappa shape index (κ2) is 4.67. The molecule has 1 aromatic carbocycles. The second-order valence-corrected chi connectivity index (χ2v) is 5.66. The molecule has 2 heteroatoms. The third-order valence-electron chi connectivity index (χ3n) is 3.19. The first-order valence-electron chi connectivity index (χ1n) is 5.63. The van der Waals surface area contributed by atoms with Crippen molar-refractivity contribution >= 4 is 15.9 Å². The Morgan fingerprint density at radius 1 is 1.40 bits per heavy atom. The van der Waals surface area contributed by atoms with Crippen LogP contribution in [0.1, 0.15) is 25.8 Å². The highest BCUT2D eigenvalue weighted by molar-refractivity contribution is 9.10. The van der Waals surface area contributed by atoms with Gasteiger partial charge in [0.2, 0.25) is 0 Å². The normalized spacial score (nSPS) is 27.1. The number of nitrogens with zero attached hydrogens (tertiary/aromatic N) is 1. The van der Waals surface area contributed by atoms with Gasteiger partial charge >= 0.3 is 0 Å². The summed E-state index contributed by atoms with van der Waals surface area (Å²) < 4.78 is 1.18. The molecule has 0 aromatic heterocycles. The van der Waals surface area contributed by atoms with E-state index in [1.54, 1.807) is 0 Å². The first-order chi connectivity index (χ1) is 7.15. The molecule has 1 aliphatic rings.